The van der Waals surface area contributed by atoms with Crippen molar-refractivity contribution in [3.8, 4) is 11.4 Å². The molecule has 0 saturated carbocycles. The summed E-state index contributed by atoms with van der Waals surface area (Å²) >= 11 is 0. The first kappa shape index (κ1) is 19.0. The molecule has 0 atom stereocenters. The minimum Gasteiger partial charge on any atom is -0.298 e. The topological polar surface area (TPSA) is 79.1 Å². The zero-order valence-corrected chi connectivity index (χ0v) is 17.8. The molecule has 8 heteroatoms. The van der Waals surface area contributed by atoms with Crippen molar-refractivity contribution in [3.63, 3.8) is 0 Å². The highest BCUT2D eigenvalue weighted by molar-refractivity contribution is 5.80. The summed E-state index contributed by atoms with van der Waals surface area (Å²) in [6, 6.07) is 16.0. The molecule has 0 N–H and O–H groups in total. The largest absolute Gasteiger partial charge is 0.332 e. The van der Waals surface area contributed by atoms with Crippen LogP contribution in [0.5, 0.6) is 0 Å². The van der Waals surface area contributed by atoms with Crippen LogP contribution in [0.4, 0.5) is 0 Å². The van der Waals surface area contributed by atoms with Crippen molar-refractivity contribution in [3.05, 3.63) is 86.1 Å². The molecule has 3 heterocycles. The van der Waals surface area contributed by atoms with E-state index >= 15 is 0 Å². The summed E-state index contributed by atoms with van der Waals surface area (Å²) in [6.45, 7) is 4.49. The van der Waals surface area contributed by atoms with Crippen LogP contribution in [0.15, 0.2) is 58.1 Å². The fraction of sp³-hybridized carbons (Fsp3) is 0.217. The maximum absolute atomic E-state index is 13.2. The second kappa shape index (κ2) is 6.80. The highest BCUT2D eigenvalue weighted by Crippen LogP contribution is 2.25. The standard InChI is InChI=1S/C23H22N6O2/c1-14-8-10-17(11-9-14)19-24-25-22-28(13-16-7-5-6-15(2)12-16)18-20(29(19)22)26(3)23(31)27(4)21(18)30/h5-12H,13H2,1-4H3. The zero-order valence-electron chi connectivity index (χ0n) is 17.8. The molecular formula is C23H22N6O2. The Morgan fingerprint density at radius 2 is 1.61 bits per heavy atom. The van der Waals surface area contributed by atoms with Crippen LogP contribution in [-0.4, -0.2) is 28.3 Å². The lowest BCUT2D eigenvalue weighted by Crippen LogP contribution is -2.37. The zero-order chi connectivity index (χ0) is 21.9. The Morgan fingerprint density at radius 3 is 2.32 bits per heavy atom. The van der Waals surface area contributed by atoms with E-state index in [-0.39, 0.29) is 5.56 Å². The molecule has 0 unspecified atom stereocenters. The fourth-order valence-corrected chi connectivity index (χ4v) is 4.09. The van der Waals surface area contributed by atoms with Crippen LogP contribution in [0.3, 0.4) is 0 Å². The van der Waals surface area contributed by atoms with E-state index in [1.165, 1.54) is 11.6 Å². The number of benzene rings is 2. The highest BCUT2D eigenvalue weighted by Gasteiger charge is 2.24. The van der Waals surface area contributed by atoms with Gasteiger partial charge < -0.3 is 0 Å². The summed E-state index contributed by atoms with van der Waals surface area (Å²) in [5, 5.41) is 8.84. The van der Waals surface area contributed by atoms with E-state index in [2.05, 4.69) is 16.3 Å². The van der Waals surface area contributed by atoms with Crippen LogP contribution in [0, 0.1) is 13.8 Å². The SMILES string of the molecule is Cc1ccc(-c2nnc3n(Cc4cccc(C)c4)c4c(=O)n(C)c(=O)n(C)c4n23)cc1. The Hall–Kier alpha value is -3.94. The minimum atomic E-state index is -0.393. The maximum atomic E-state index is 13.2. The molecule has 8 nitrogen and oxygen atoms in total. The number of aryl methyl sites for hydroxylation is 3. The number of fused-ring (bicyclic) bond motifs is 3. The molecule has 0 aliphatic carbocycles. The summed E-state index contributed by atoms with van der Waals surface area (Å²) in [7, 11) is 3.16. The molecule has 0 aliphatic rings. The number of imidazole rings is 1. The van der Waals surface area contributed by atoms with E-state index in [0.29, 0.717) is 29.3 Å². The summed E-state index contributed by atoms with van der Waals surface area (Å²) in [5.41, 5.74) is 4.32. The normalized spacial score (nSPS) is 11.6. The molecule has 5 aromatic rings. The predicted molar refractivity (Wildman–Crippen MR) is 119 cm³/mol. The van der Waals surface area contributed by atoms with Crippen LogP contribution < -0.4 is 11.2 Å². The lowest BCUT2D eigenvalue weighted by molar-refractivity contribution is 0.700. The average Bonchev–Trinajstić information content (AvgIpc) is 3.30. The van der Waals surface area contributed by atoms with Gasteiger partial charge in [-0.2, -0.15) is 0 Å². The number of rotatable bonds is 3. The monoisotopic (exact) mass is 414 g/mol. The summed E-state index contributed by atoms with van der Waals surface area (Å²) in [6.07, 6.45) is 0. The van der Waals surface area contributed by atoms with Crippen LogP contribution in [-0.2, 0) is 20.6 Å². The Kier molecular flexibility index (Phi) is 4.18. The molecule has 0 amide bonds. The van der Waals surface area contributed by atoms with E-state index in [9.17, 15) is 9.59 Å². The van der Waals surface area contributed by atoms with Gasteiger partial charge in [0.1, 0.15) is 0 Å². The smallest absolute Gasteiger partial charge is 0.298 e. The Balaban J connectivity index is 1.91. The summed E-state index contributed by atoms with van der Waals surface area (Å²) < 4.78 is 6.26. The van der Waals surface area contributed by atoms with E-state index in [4.69, 9.17) is 0 Å². The van der Waals surface area contributed by atoms with E-state index in [1.54, 1.807) is 11.4 Å². The molecule has 2 aromatic carbocycles. The van der Waals surface area contributed by atoms with Crippen molar-refractivity contribution in [2.45, 2.75) is 20.4 Å². The van der Waals surface area contributed by atoms with Crippen LogP contribution in [0.1, 0.15) is 16.7 Å². The maximum Gasteiger partial charge on any atom is 0.332 e. The van der Waals surface area contributed by atoms with Gasteiger partial charge in [0.05, 0.1) is 6.54 Å². The number of nitrogens with zero attached hydrogens (tertiary/aromatic N) is 6. The average molecular weight is 414 g/mol. The summed E-state index contributed by atoms with van der Waals surface area (Å²) in [4.78, 5) is 25.9. The first-order valence-electron chi connectivity index (χ1n) is 10.0. The van der Waals surface area contributed by atoms with Gasteiger partial charge in [0.15, 0.2) is 17.0 Å². The highest BCUT2D eigenvalue weighted by atomic mass is 16.2. The van der Waals surface area contributed by atoms with Gasteiger partial charge in [0.25, 0.3) is 5.56 Å². The third-order valence-corrected chi connectivity index (χ3v) is 5.71. The van der Waals surface area contributed by atoms with Crippen LogP contribution >= 0.6 is 0 Å². The van der Waals surface area contributed by atoms with Gasteiger partial charge in [0, 0.05) is 19.7 Å². The lowest BCUT2D eigenvalue weighted by Gasteiger charge is -2.08. The van der Waals surface area contributed by atoms with E-state index in [0.717, 1.165) is 26.8 Å². The van der Waals surface area contributed by atoms with Gasteiger partial charge in [-0.25, -0.2) is 9.20 Å². The van der Waals surface area contributed by atoms with Crippen LogP contribution in [0.25, 0.3) is 28.3 Å². The molecule has 0 fully saturated rings. The fourth-order valence-electron chi connectivity index (χ4n) is 4.09. The van der Waals surface area contributed by atoms with Crippen molar-refractivity contribution in [2.24, 2.45) is 14.1 Å². The molecular weight excluding hydrogens is 392 g/mol. The lowest BCUT2D eigenvalue weighted by atomic mass is 10.1. The molecule has 0 bridgehead atoms. The Morgan fingerprint density at radius 1 is 0.871 bits per heavy atom. The van der Waals surface area contributed by atoms with E-state index < -0.39 is 5.69 Å². The second-order valence-corrected chi connectivity index (χ2v) is 7.98. The summed E-state index contributed by atoms with van der Waals surface area (Å²) in [5.74, 6) is 1.11. The molecule has 0 saturated heterocycles. The molecule has 156 valence electrons. The van der Waals surface area contributed by atoms with Gasteiger partial charge >= 0.3 is 5.69 Å². The quantitative estimate of drug-likeness (QED) is 0.454. The predicted octanol–water partition coefficient (Wildman–Crippen LogP) is 2.41. The minimum absolute atomic E-state index is 0.355. The molecule has 0 aliphatic heterocycles. The van der Waals surface area contributed by atoms with Crippen molar-refractivity contribution >= 4 is 16.9 Å². The van der Waals surface area contributed by atoms with Gasteiger partial charge in [-0.15, -0.1) is 10.2 Å². The molecule has 0 spiro atoms. The van der Waals surface area contributed by atoms with Crippen molar-refractivity contribution in [1.82, 2.24) is 28.3 Å². The Labute approximate surface area is 177 Å². The molecule has 3 aromatic heterocycles. The molecule has 5 rings (SSSR count). The van der Waals surface area contributed by atoms with Gasteiger partial charge in [-0.1, -0.05) is 59.7 Å². The van der Waals surface area contributed by atoms with E-state index in [1.807, 2.05) is 60.9 Å². The second-order valence-electron chi connectivity index (χ2n) is 7.98. The first-order chi connectivity index (χ1) is 14.9. The van der Waals surface area contributed by atoms with Gasteiger partial charge in [0.2, 0.25) is 5.78 Å². The van der Waals surface area contributed by atoms with Crippen LogP contribution in [0.2, 0.25) is 0 Å². The van der Waals surface area contributed by atoms with Crippen molar-refractivity contribution in [1.29, 1.82) is 0 Å². The van der Waals surface area contributed by atoms with Gasteiger partial charge in [-0.3, -0.25) is 18.5 Å². The number of hydrogen-bond donors (Lipinski definition) is 0. The molecule has 31 heavy (non-hydrogen) atoms. The van der Waals surface area contributed by atoms with Crippen molar-refractivity contribution in [2.75, 3.05) is 0 Å². The number of hydrogen-bond acceptors (Lipinski definition) is 4. The molecule has 0 radical (unpaired) electrons. The Bertz CT molecular complexity index is 1580. The van der Waals surface area contributed by atoms with Crippen molar-refractivity contribution < 1.29 is 0 Å². The third kappa shape index (κ3) is 2.83. The first-order valence-corrected chi connectivity index (χ1v) is 10.0. The third-order valence-electron chi connectivity index (χ3n) is 5.71. The van der Waals surface area contributed by atoms with Gasteiger partial charge in [-0.05, 0) is 19.4 Å². The number of aromatic nitrogens is 6.